The van der Waals surface area contributed by atoms with Gasteiger partial charge in [-0.3, -0.25) is 9.69 Å². The number of alkyl halides is 3. The van der Waals surface area contributed by atoms with E-state index in [2.05, 4.69) is 0 Å². The Hall–Kier alpha value is -2.07. The Morgan fingerprint density at radius 2 is 2.10 bits per heavy atom. The van der Waals surface area contributed by atoms with E-state index in [0.29, 0.717) is 16.7 Å². The summed E-state index contributed by atoms with van der Waals surface area (Å²) in [5.74, 6) is -1.32. The summed E-state index contributed by atoms with van der Waals surface area (Å²) in [4.78, 5) is 11.4. The van der Waals surface area contributed by atoms with Crippen LogP contribution in [0.3, 0.4) is 0 Å². The summed E-state index contributed by atoms with van der Waals surface area (Å²) < 4.78 is 37.2. The Balaban J connectivity index is 2.89. The van der Waals surface area contributed by atoms with Crippen LogP contribution in [0, 0.1) is 18.3 Å². The molecule has 1 rings (SSSR count). The van der Waals surface area contributed by atoms with Gasteiger partial charge in [-0.25, -0.2) is 0 Å². The van der Waals surface area contributed by atoms with Crippen LogP contribution in [-0.4, -0.2) is 35.2 Å². The molecule has 0 aliphatic carbocycles. The van der Waals surface area contributed by atoms with Gasteiger partial charge < -0.3 is 5.11 Å². The molecule has 7 heteroatoms. The van der Waals surface area contributed by atoms with Gasteiger partial charge in [0.15, 0.2) is 0 Å². The highest BCUT2D eigenvalue weighted by Crippen LogP contribution is 2.19. The Morgan fingerprint density at radius 3 is 2.55 bits per heavy atom. The number of nitrogens with zero attached hydrogens (tertiary/aromatic N) is 2. The van der Waals surface area contributed by atoms with Crippen molar-refractivity contribution < 1.29 is 23.1 Å². The maximum Gasteiger partial charge on any atom is 0.401 e. The third-order valence-corrected chi connectivity index (χ3v) is 2.63. The fraction of sp³-hybridized carbons (Fsp3) is 0.385. The number of benzene rings is 1. The second-order valence-corrected chi connectivity index (χ2v) is 4.41. The molecule has 0 spiro atoms. The molecule has 4 nitrogen and oxygen atoms in total. The van der Waals surface area contributed by atoms with Crippen molar-refractivity contribution in [2.75, 3.05) is 13.1 Å². The van der Waals surface area contributed by atoms with Crippen LogP contribution >= 0.6 is 0 Å². The van der Waals surface area contributed by atoms with E-state index in [1.165, 1.54) is 6.07 Å². The van der Waals surface area contributed by atoms with E-state index >= 15 is 0 Å². The van der Waals surface area contributed by atoms with Gasteiger partial charge in [0.1, 0.15) is 0 Å². The number of aryl methyl sites for hydroxylation is 1. The molecule has 0 amide bonds. The van der Waals surface area contributed by atoms with E-state index in [1.54, 1.807) is 19.1 Å². The molecule has 1 aromatic carbocycles. The van der Waals surface area contributed by atoms with Crippen LogP contribution in [0.15, 0.2) is 18.2 Å². The van der Waals surface area contributed by atoms with Crippen LogP contribution in [0.5, 0.6) is 0 Å². The first kappa shape index (κ1) is 16.0. The lowest BCUT2D eigenvalue weighted by Crippen LogP contribution is -2.37. The lowest BCUT2D eigenvalue weighted by molar-refractivity contribution is -0.154. The van der Waals surface area contributed by atoms with Crippen molar-refractivity contribution in [3.8, 4) is 6.07 Å². The van der Waals surface area contributed by atoms with Crippen molar-refractivity contribution in [2.45, 2.75) is 19.6 Å². The van der Waals surface area contributed by atoms with Crippen LogP contribution in [0.25, 0.3) is 0 Å². The summed E-state index contributed by atoms with van der Waals surface area (Å²) in [6, 6.07) is 6.52. The lowest BCUT2D eigenvalue weighted by Gasteiger charge is -2.22. The third kappa shape index (κ3) is 5.28. The topological polar surface area (TPSA) is 64.3 Å². The molecular formula is C13H13F3N2O2. The number of halogens is 3. The van der Waals surface area contributed by atoms with E-state index < -0.39 is 25.2 Å². The molecule has 0 heterocycles. The maximum atomic E-state index is 12.4. The van der Waals surface area contributed by atoms with Crippen LogP contribution in [0.2, 0.25) is 0 Å². The normalized spacial score (nSPS) is 11.4. The Morgan fingerprint density at radius 1 is 1.45 bits per heavy atom. The van der Waals surface area contributed by atoms with Crippen molar-refractivity contribution >= 4 is 5.97 Å². The van der Waals surface area contributed by atoms with Gasteiger partial charge in [0, 0.05) is 6.54 Å². The van der Waals surface area contributed by atoms with Crippen molar-refractivity contribution in [3.05, 3.63) is 34.9 Å². The predicted octanol–water partition coefficient (Wildman–Crippen LogP) is 2.32. The van der Waals surface area contributed by atoms with Gasteiger partial charge in [-0.2, -0.15) is 18.4 Å². The maximum absolute atomic E-state index is 12.4. The second-order valence-electron chi connectivity index (χ2n) is 4.41. The summed E-state index contributed by atoms with van der Waals surface area (Å²) in [7, 11) is 0. The lowest BCUT2D eigenvalue weighted by atomic mass is 10.1. The number of rotatable bonds is 5. The van der Waals surface area contributed by atoms with E-state index in [1.807, 2.05) is 6.07 Å². The molecule has 0 unspecified atom stereocenters. The molecule has 0 aliphatic heterocycles. The summed E-state index contributed by atoms with van der Waals surface area (Å²) in [6.45, 7) is -0.455. The smallest absolute Gasteiger partial charge is 0.401 e. The number of carboxylic acid groups (broad SMARTS) is 1. The van der Waals surface area contributed by atoms with Gasteiger partial charge in [0.2, 0.25) is 0 Å². The Kier molecular flexibility index (Phi) is 5.11. The highest BCUT2D eigenvalue weighted by Gasteiger charge is 2.31. The largest absolute Gasteiger partial charge is 0.480 e. The number of hydrogen-bond donors (Lipinski definition) is 1. The van der Waals surface area contributed by atoms with Crippen molar-refractivity contribution in [1.82, 2.24) is 4.90 Å². The van der Waals surface area contributed by atoms with Gasteiger partial charge in [0.25, 0.3) is 0 Å². The zero-order valence-electron chi connectivity index (χ0n) is 10.7. The summed E-state index contributed by atoms with van der Waals surface area (Å²) in [5.41, 5.74) is 1.63. The van der Waals surface area contributed by atoms with Crippen molar-refractivity contribution in [3.63, 3.8) is 0 Å². The van der Waals surface area contributed by atoms with Gasteiger partial charge in [0.05, 0.1) is 24.7 Å². The molecule has 0 radical (unpaired) electrons. The summed E-state index contributed by atoms with van der Waals surface area (Å²) in [6.07, 6.45) is -4.46. The first-order chi connectivity index (χ1) is 9.21. The standard InChI is InChI=1S/C13H13F3N2O2/c1-9-4-10(5-17)2-3-11(9)6-18(7-12(19)20)8-13(14,15)16/h2-4H,6-8H2,1H3,(H,19,20). The zero-order chi connectivity index (χ0) is 15.3. The molecule has 1 aromatic rings. The SMILES string of the molecule is Cc1cc(C#N)ccc1CN(CC(=O)O)CC(F)(F)F. The van der Waals surface area contributed by atoms with Crippen LogP contribution in [0.4, 0.5) is 13.2 Å². The minimum atomic E-state index is -4.46. The Bertz CT molecular complexity index is 535. The first-order valence-corrected chi connectivity index (χ1v) is 5.72. The van der Waals surface area contributed by atoms with Gasteiger partial charge in [-0.1, -0.05) is 6.07 Å². The average Bonchev–Trinajstić information content (AvgIpc) is 2.28. The van der Waals surface area contributed by atoms with Crippen LogP contribution in [0.1, 0.15) is 16.7 Å². The zero-order valence-corrected chi connectivity index (χ0v) is 10.7. The number of nitriles is 1. The quantitative estimate of drug-likeness (QED) is 0.902. The van der Waals surface area contributed by atoms with E-state index in [4.69, 9.17) is 10.4 Å². The third-order valence-electron chi connectivity index (χ3n) is 2.63. The molecule has 108 valence electrons. The highest BCUT2D eigenvalue weighted by atomic mass is 19.4. The van der Waals surface area contributed by atoms with Crippen LogP contribution in [-0.2, 0) is 11.3 Å². The second kappa shape index (κ2) is 6.39. The fourth-order valence-corrected chi connectivity index (χ4v) is 1.80. The van der Waals surface area contributed by atoms with E-state index in [9.17, 15) is 18.0 Å². The summed E-state index contributed by atoms with van der Waals surface area (Å²) in [5, 5.41) is 17.4. The number of carboxylic acids is 1. The molecule has 0 atom stereocenters. The molecule has 0 aliphatic rings. The molecule has 0 saturated carbocycles. The molecule has 0 saturated heterocycles. The summed E-state index contributed by atoms with van der Waals surface area (Å²) >= 11 is 0. The minimum absolute atomic E-state index is 0.136. The molecule has 20 heavy (non-hydrogen) atoms. The van der Waals surface area contributed by atoms with E-state index in [-0.39, 0.29) is 6.54 Å². The van der Waals surface area contributed by atoms with Gasteiger partial charge >= 0.3 is 12.1 Å². The van der Waals surface area contributed by atoms with Crippen LogP contribution < -0.4 is 0 Å². The number of hydrogen-bond acceptors (Lipinski definition) is 3. The number of aliphatic carboxylic acids is 1. The van der Waals surface area contributed by atoms with Gasteiger partial charge in [-0.15, -0.1) is 0 Å². The monoisotopic (exact) mass is 286 g/mol. The fourth-order valence-electron chi connectivity index (χ4n) is 1.80. The average molecular weight is 286 g/mol. The molecule has 0 bridgehead atoms. The van der Waals surface area contributed by atoms with Gasteiger partial charge in [-0.05, 0) is 30.2 Å². The molecule has 0 aromatic heterocycles. The molecular weight excluding hydrogens is 273 g/mol. The molecule has 1 N–H and O–H groups in total. The Labute approximate surface area is 114 Å². The number of carbonyl (C=O) groups is 1. The first-order valence-electron chi connectivity index (χ1n) is 5.72. The minimum Gasteiger partial charge on any atom is -0.480 e. The molecule has 0 fully saturated rings. The van der Waals surface area contributed by atoms with Crippen molar-refractivity contribution in [2.24, 2.45) is 0 Å². The van der Waals surface area contributed by atoms with E-state index in [0.717, 1.165) is 4.90 Å². The van der Waals surface area contributed by atoms with Crippen molar-refractivity contribution in [1.29, 1.82) is 5.26 Å². The predicted molar refractivity (Wildman–Crippen MR) is 64.9 cm³/mol. The highest BCUT2D eigenvalue weighted by molar-refractivity contribution is 5.69.